The molecule has 3 heterocycles. The van der Waals surface area contributed by atoms with E-state index in [1.807, 2.05) is 29.3 Å². The molecule has 1 aromatic carbocycles. The molecule has 0 amide bonds. The van der Waals surface area contributed by atoms with Gasteiger partial charge in [0.1, 0.15) is 5.65 Å². The van der Waals surface area contributed by atoms with Crippen molar-refractivity contribution < 1.29 is 0 Å². The zero-order valence-corrected chi connectivity index (χ0v) is 12.6. The Kier molecular flexibility index (Phi) is 3.52. The summed E-state index contributed by atoms with van der Waals surface area (Å²) in [6.45, 7) is 1.57. The van der Waals surface area contributed by atoms with Crippen LogP contribution in [0.5, 0.6) is 0 Å². The van der Waals surface area contributed by atoms with Crippen molar-refractivity contribution in [2.45, 2.75) is 13.1 Å². The summed E-state index contributed by atoms with van der Waals surface area (Å²) in [4.78, 5) is 7.45. The van der Waals surface area contributed by atoms with Crippen molar-refractivity contribution in [3.63, 3.8) is 0 Å². The summed E-state index contributed by atoms with van der Waals surface area (Å²) in [5, 5.41) is 8.85. The Labute approximate surface area is 134 Å². The van der Waals surface area contributed by atoms with Crippen LogP contribution in [0.15, 0.2) is 67.3 Å². The third-order valence-corrected chi connectivity index (χ3v) is 3.89. The van der Waals surface area contributed by atoms with Gasteiger partial charge in [0.15, 0.2) is 0 Å². The number of rotatable bonds is 5. The number of nitrogens with one attached hydrogen (secondary N) is 2. The second-order valence-corrected chi connectivity index (χ2v) is 5.46. The number of H-pyrrole nitrogens is 1. The highest BCUT2D eigenvalue weighted by molar-refractivity contribution is 5.79. The van der Waals surface area contributed by atoms with E-state index in [0.717, 1.165) is 29.8 Å². The summed E-state index contributed by atoms with van der Waals surface area (Å²) in [5.41, 5.74) is 4.50. The van der Waals surface area contributed by atoms with Crippen molar-refractivity contribution >= 4 is 16.7 Å². The molecule has 4 aromatic rings. The lowest BCUT2D eigenvalue weighted by Crippen LogP contribution is -2.02. The van der Waals surface area contributed by atoms with Gasteiger partial charge in [-0.05, 0) is 41.5 Å². The molecule has 5 heteroatoms. The fraction of sp³-hybridized carbons (Fsp3) is 0.111. The molecule has 5 nitrogen and oxygen atoms in total. The molecule has 0 saturated heterocycles. The minimum Gasteiger partial charge on any atom is -0.381 e. The summed E-state index contributed by atoms with van der Waals surface area (Å²) in [6, 6.07) is 14.5. The number of nitrogens with zero attached hydrogens (tertiary/aromatic N) is 3. The van der Waals surface area contributed by atoms with E-state index in [1.54, 1.807) is 6.20 Å². The van der Waals surface area contributed by atoms with Crippen molar-refractivity contribution in [1.29, 1.82) is 0 Å². The highest BCUT2D eigenvalue weighted by Gasteiger charge is 2.03. The first-order valence-corrected chi connectivity index (χ1v) is 7.60. The summed E-state index contributed by atoms with van der Waals surface area (Å²) in [7, 11) is 0. The summed E-state index contributed by atoms with van der Waals surface area (Å²) in [6.07, 6.45) is 7.53. The van der Waals surface area contributed by atoms with E-state index < -0.39 is 0 Å². The average molecular weight is 303 g/mol. The van der Waals surface area contributed by atoms with Gasteiger partial charge in [-0.2, -0.15) is 5.10 Å². The van der Waals surface area contributed by atoms with Crippen LogP contribution in [0, 0.1) is 0 Å². The summed E-state index contributed by atoms with van der Waals surface area (Å²) in [5.74, 6) is 0. The van der Waals surface area contributed by atoms with Crippen molar-refractivity contribution in [2.75, 3.05) is 5.32 Å². The molecule has 0 unspecified atom stereocenters. The van der Waals surface area contributed by atoms with Gasteiger partial charge in [0.25, 0.3) is 0 Å². The van der Waals surface area contributed by atoms with Crippen LogP contribution in [0.2, 0.25) is 0 Å². The number of anilines is 1. The zero-order chi connectivity index (χ0) is 15.5. The van der Waals surface area contributed by atoms with Gasteiger partial charge < -0.3 is 10.3 Å². The standard InChI is InChI=1S/C18H17N5/c1-8-22-23(11-1)13-14-2-4-16(5-3-14)21-12-15-6-9-19-18-17(15)7-10-20-18/h1-11,21H,12-13H2,(H,19,20). The van der Waals surface area contributed by atoms with Crippen LogP contribution in [0.25, 0.3) is 11.0 Å². The lowest BCUT2D eigenvalue weighted by molar-refractivity contribution is 0.687. The lowest BCUT2D eigenvalue weighted by Gasteiger charge is -2.09. The van der Waals surface area contributed by atoms with E-state index >= 15 is 0 Å². The number of benzene rings is 1. The van der Waals surface area contributed by atoms with E-state index in [-0.39, 0.29) is 0 Å². The van der Waals surface area contributed by atoms with Crippen LogP contribution in [-0.2, 0) is 13.1 Å². The number of pyridine rings is 1. The van der Waals surface area contributed by atoms with Gasteiger partial charge in [-0.25, -0.2) is 4.98 Å². The third kappa shape index (κ3) is 2.94. The van der Waals surface area contributed by atoms with E-state index in [1.165, 1.54) is 11.1 Å². The largest absolute Gasteiger partial charge is 0.381 e. The van der Waals surface area contributed by atoms with E-state index in [2.05, 4.69) is 56.8 Å². The van der Waals surface area contributed by atoms with Crippen LogP contribution in [0.1, 0.15) is 11.1 Å². The van der Waals surface area contributed by atoms with E-state index in [4.69, 9.17) is 0 Å². The predicted octanol–water partition coefficient (Wildman–Crippen LogP) is 3.42. The molecular weight excluding hydrogens is 286 g/mol. The molecule has 0 saturated carbocycles. The van der Waals surface area contributed by atoms with Crippen LogP contribution in [0.4, 0.5) is 5.69 Å². The Morgan fingerprint density at radius 2 is 1.96 bits per heavy atom. The smallest absolute Gasteiger partial charge is 0.137 e. The Balaban J connectivity index is 1.44. The highest BCUT2D eigenvalue weighted by atomic mass is 15.3. The van der Waals surface area contributed by atoms with Gasteiger partial charge in [0.05, 0.1) is 6.54 Å². The number of hydrogen-bond acceptors (Lipinski definition) is 3. The molecule has 0 bridgehead atoms. The summed E-state index contributed by atoms with van der Waals surface area (Å²) >= 11 is 0. The van der Waals surface area contributed by atoms with Crippen LogP contribution >= 0.6 is 0 Å². The van der Waals surface area contributed by atoms with Crippen LogP contribution < -0.4 is 5.32 Å². The maximum absolute atomic E-state index is 4.31. The molecule has 4 rings (SSSR count). The SMILES string of the molecule is c1cnn(Cc2ccc(NCc3ccnc4[nH]ccc34)cc2)c1. The average Bonchev–Trinajstić information content (AvgIpc) is 3.25. The van der Waals surface area contributed by atoms with Gasteiger partial charge in [0.2, 0.25) is 0 Å². The Bertz CT molecular complexity index is 891. The molecule has 0 radical (unpaired) electrons. The first kappa shape index (κ1) is 13.6. The molecular formula is C18H17N5. The molecule has 2 N–H and O–H groups in total. The van der Waals surface area contributed by atoms with Crippen molar-refractivity contribution in [3.05, 3.63) is 78.4 Å². The molecule has 0 aliphatic heterocycles. The highest BCUT2D eigenvalue weighted by Crippen LogP contribution is 2.17. The van der Waals surface area contributed by atoms with Crippen molar-refractivity contribution in [3.8, 4) is 0 Å². The van der Waals surface area contributed by atoms with Crippen LogP contribution in [-0.4, -0.2) is 19.7 Å². The lowest BCUT2D eigenvalue weighted by atomic mass is 10.1. The van der Waals surface area contributed by atoms with Crippen molar-refractivity contribution in [1.82, 2.24) is 19.7 Å². The molecule has 3 aromatic heterocycles. The number of hydrogen-bond donors (Lipinski definition) is 2. The fourth-order valence-corrected chi connectivity index (χ4v) is 2.68. The van der Waals surface area contributed by atoms with Crippen molar-refractivity contribution in [2.24, 2.45) is 0 Å². The monoisotopic (exact) mass is 303 g/mol. The van der Waals surface area contributed by atoms with Gasteiger partial charge in [-0.15, -0.1) is 0 Å². The Hall–Kier alpha value is -3.08. The maximum atomic E-state index is 4.31. The molecule has 0 aliphatic carbocycles. The Morgan fingerprint density at radius 1 is 1.04 bits per heavy atom. The van der Waals surface area contributed by atoms with Gasteiger partial charge in [-0.3, -0.25) is 4.68 Å². The summed E-state index contributed by atoms with van der Waals surface area (Å²) < 4.78 is 1.92. The zero-order valence-electron chi connectivity index (χ0n) is 12.6. The van der Waals surface area contributed by atoms with E-state index in [9.17, 15) is 0 Å². The fourth-order valence-electron chi connectivity index (χ4n) is 2.68. The van der Waals surface area contributed by atoms with Crippen LogP contribution in [0.3, 0.4) is 0 Å². The molecule has 0 fully saturated rings. The molecule has 114 valence electrons. The van der Waals surface area contributed by atoms with Gasteiger partial charge in [-0.1, -0.05) is 12.1 Å². The second-order valence-electron chi connectivity index (χ2n) is 5.46. The number of aromatic nitrogens is 4. The van der Waals surface area contributed by atoms with Gasteiger partial charge in [0, 0.05) is 42.4 Å². The Morgan fingerprint density at radius 3 is 2.78 bits per heavy atom. The third-order valence-electron chi connectivity index (χ3n) is 3.89. The molecule has 0 atom stereocenters. The number of fused-ring (bicyclic) bond motifs is 1. The molecule has 0 spiro atoms. The molecule has 0 aliphatic rings. The van der Waals surface area contributed by atoms with Gasteiger partial charge >= 0.3 is 0 Å². The normalized spacial score (nSPS) is 11.0. The minimum absolute atomic E-state index is 0.773. The topological polar surface area (TPSA) is 58.5 Å². The first-order valence-electron chi connectivity index (χ1n) is 7.60. The minimum atomic E-state index is 0.773. The molecule has 23 heavy (non-hydrogen) atoms. The second kappa shape index (κ2) is 5.96. The van der Waals surface area contributed by atoms with E-state index in [0.29, 0.717) is 0 Å². The first-order chi connectivity index (χ1) is 11.4. The quantitative estimate of drug-likeness (QED) is 0.594. The maximum Gasteiger partial charge on any atom is 0.137 e. The predicted molar refractivity (Wildman–Crippen MR) is 91.2 cm³/mol. The number of aromatic amines is 1.